The lowest BCUT2D eigenvalue weighted by molar-refractivity contribution is -0.142. The molecule has 2 N–H and O–H groups in total. The normalized spacial score (nSPS) is 15.0. The van der Waals surface area contributed by atoms with Gasteiger partial charge in [-0.15, -0.1) is 0 Å². The van der Waals surface area contributed by atoms with E-state index < -0.39 is 6.04 Å². The van der Waals surface area contributed by atoms with Gasteiger partial charge in [-0.25, -0.2) is 8.78 Å². The molecule has 0 saturated carbocycles. The maximum atomic E-state index is 14.1. The quantitative estimate of drug-likeness (QED) is 0.418. The van der Waals surface area contributed by atoms with E-state index in [1.54, 1.807) is 24.3 Å². The number of fused-ring (bicyclic) bond motifs is 3. The molecule has 0 fully saturated rings. The summed E-state index contributed by atoms with van der Waals surface area (Å²) in [7, 11) is 1.35. The molecule has 1 unspecified atom stereocenters. The maximum absolute atomic E-state index is 14.1. The molecule has 0 bridgehead atoms. The van der Waals surface area contributed by atoms with Crippen LogP contribution in [0.5, 0.6) is 0 Å². The van der Waals surface area contributed by atoms with E-state index in [2.05, 4.69) is 14.2 Å². The predicted octanol–water partition coefficient (Wildman–Crippen LogP) is 4.33. The lowest BCUT2D eigenvalue weighted by Crippen LogP contribution is -2.32. The second-order valence-corrected chi connectivity index (χ2v) is 8.40. The highest BCUT2D eigenvalue weighted by Crippen LogP contribution is 2.34. The van der Waals surface area contributed by atoms with Gasteiger partial charge in [0.15, 0.2) is 0 Å². The van der Waals surface area contributed by atoms with Crippen molar-refractivity contribution in [1.82, 2.24) is 9.47 Å². The minimum atomic E-state index is -0.551. The van der Waals surface area contributed by atoms with E-state index >= 15 is 0 Å². The Hall–Kier alpha value is -2.77. The largest absolute Gasteiger partial charge is 0.468 e. The average molecular weight is 442 g/mol. The van der Waals surface area contributed by atoms with Crippen LogP contribution in [0.3, 0.4) is 0 Å². The molecule has 0 amide bonds. The summed E-state index contributed by atoms with van der Waals surface area (Å²) in [6, 6.07) is 10.8. The maximum Gasteiger partial charge on any atom is 0.322 e. The molecular formula is C25H29F2N3O2. The highest BCUT2D eigenvalue weighted by molar-refractivity contribution is 5.87. The van der Waals surface area contributed by atoms with E-state index in [1.165, 1.54) is 25.3 Å². The van der Waals surface area contributed by atoms with E-state index in [0.717, 1.165) is 73.2 Å². The summed E-state index contributed by atoms with van der Waals surface area (Å²) < 4.78 is 34.3. The first-order valence-electron chi connectivity index (χ1n) is 11.1. The first kappa shape index (κ1) is 22.4. The molecule has 0 radical (unpaired) electrons. The Labute approximate surface area is 186 Å². The Morgan fingerprint density at radius 3 is 2.59 bits per heavy atom. The zero-order valence-corrected chi connectivity index (χ0v) is 18.3. The topological polar surface area (TPSA) is 60.5 Å². The van der Waals surface area contributed by atoms with Gasteiger partial charge in [-0.3, -0.25) is 9.69 Å². The number of unbranched alkanes of at least 4 members (excludes halogenated alkanes) is 2. The molecule has 3 aromatic rings. The van der Waals surface area contributed by atoms with Crippen LogP contribution in [0.25, 0.3) is 16.6 Å². The van der Waals surface area contributed by atoms with E-state index in [4.69, 9.17) is 5.73 Å². The van der Waals surface area contributed by atoms with Gasteiger partial charge in [-0.1, -0.05) is 12.8 Å². The summed E-state index contributed by atoms with van der Waals surface area (Å²) in [6.07, 6.45) is 4.34. The Morgan fingerprint density at radius 2 is 1.84 bits per heavy atom. The lowest BCUT2D eigenvalue weighted by atomic mass is 10.0. The van der Waals surface area contributed by atoms with Crippen LogP contribution in [-0.2, 0) is 22.5 Å². The third-order valence-electron chi connectivity index (χ3n) is 6.27. The molecule has 2 heterocycles. The third kappa shape index (κ3) is 4.69. The summed E-state index contributed by atoms with van der Waals surface area (Å²) in [5.74, 6) is -0.891. The Kier molecular flexibility index (Phi) is 6.86. The van der Waals surface area contributed by atoms with Gasteiger partial charge in [0.2, 0.25) is 0 Å². The van der Waals surface area contributed by atoms with Crippen LogP contribution in [0.1, 0.15) is 36.9 Å². The van der Waals surface area contributed by atoms with Crippen LogP contribution in [0.15, 0.2) is 42.5 Å². The highest BCUT2D eigenvalue weighted by Gasteiger charge is 2.25. The predicted molar refractivity (Wildman–Crippen MR) is 121 cm³/mol. The van der Waals surface area contributed by atoms with Crippen molar-refractivity contribution in [2.45, 2.75) is 44.7 Å². The number of esters is 1. The Morgan fingerprint density at radius 1 is 1.09 bits per heavy atom. The number of rotatable bonds is 8. The molecule has 32 heavy (non-hydrogen) atoms. The summed E-state index contributed by atoms with van der Waals surface area (Å²) in [4.78, 5) is 13.8. The fourth-order valence-corrected chi connectivity index (χ4v) is 4.61. The molecular weight excluding hydrogens is 412 g/mol. The van der Waals surface area contributed by atoms with Crippen molar-refractivity contribution in [2.75, 3.05) is 20.2 Å². The number of carbonyl (C=O) groups is 1. The van der Waals surface area contributed by atoms with Crippen LogP contribution in [-0.4, -0.2) is 41.7 Å². The fourth-order valence-electron chi connectivity index (χ4n) is 4.61. The van der Waals surface area contributed by atoms with Crippen molar-refractivity contribution in [3.05, 3.63) is 65.4 Å². The van der Waals surface area contributed by atoms with Crippen molar-refractivity contribution in [2.24, 2.45) is 5.73 Å². The smallest absolute Gasteiger partial charge is 0.322 e. The number of hydrogen-bond acceptors (Lipinski definition) is 4. The second-order valence-electron chi connectivity index (χ2n) is 8.40. The van der Waals surface area contributed by atoms with Gasteiger partial charge >= 0.3 is 5.97 Å². The van der Waals surface area contributed by atoms with Crippen LogP contribution in [0, 0.1) is 11.6 Å². The van der Waals surface area contributed by atoms with Crippen molar-refractivity contribution in [3.63, 3.8) is 0 Å². The number of nitrogens with zero attached hydrogens (tertiary/aromatic N) is 2. The van der Waals surface area contributed by atoms with E-state index in [-0.39, 0.29) is 17.6 Å². The Balaban J connectivity index is 1.47. The second kappa shape index (κ2) is 9.79. The molecule has 1 aliphatic rings. The molecule has 0 aliphatic carbocycles. The molecule has 0 saturated heterocycles. The molecule has 1 atom stereocenters. The number of carbonyl (C=O) groups excluding carboxylic acids is 1. The zero-order valence-electron chi connectivity index (χ0n) is 18.3. The van der Waals surface area contributed by atoms with Crippen LogP contribution in [0.2, 0.25) is 0 Å². The number of benzene rings is 2. The van der Waals surface area contributed by atoms with Crippen molar-refractivity contribution >= 4 is 16.9 Å². The molecule has 2 aromatic carbocycles. The number of halogens is 2. The zero-order chi connectivity index (χ0) is 22.7. The van der Waals surface area contributed by atoms with E-state index in [0.29, 0.717) is 6.42 Å². The lowest BCUT2D eigenvalue weighted by Gasteiger charge is -2.28. The highest BCUT2D eigenvalue weighted by atomic mass is 19.1. The summed E-state index contributed by atoms with van der Waals surface area (Å²) in [5, 5.41) is 0.915. The summed E-state index contributed by atoms with van der Waals surface area (Å²) in [5.41, 5.74) is 9.93. The number of hydrogen-bond donors (Lipinski definition) is 1. The van der Waals surface area contributed by atoms with Crippen molar-refractivity contribution in [3.8, 4) is 5.69 Å². The molecule has 0 spiro atoms. The molecule has 4 rings (SSSR count). The first-order chi connectivity index (χ1) is 15.5. The molecule has 5 nitrogen and oxygen atoms in total. The number of ether oxygens (including phenoxy) is 1. The van der Waals surface area contributed by atoms with Crippen molar-refractivity contribution in [1.29, 1.82) is 0 Å². The molecule has 170 valence electrons. The minimum Gasteiger partial charge on any atom is -0.468 e. The van der Waals surface area contributed by atoms with Crippen molar-refractivity contribution < 1.29 is 18.3 Å². The van der Waals surface area contributed by atoms with Gasteiger partial charge in [0.1, 0.15) is 17.7 Å². The van der Waals surface area contributed by atoms with Gasteiger partial charge < -0.3 is 15.0 Å². The fraction of sp³-hybridized carbons (Fsp3) is 0.400. The van der Waals surface area contributed by atoms with E-state index in [9.17, 15) is 13.6 Å². The van der Waals surface area contributed by atoms with Gasteiger partial charge in [0.25, 0.3) is 0 Å². The van der Waals surface area contributed by atoms with Gasteiger partial charge in [-0.05, 0) is 67.4 Å². The average Bonchev–Trinajstić information content (AvgIpc) is 3.11. The number of aromatic nitrogens is 1. The summed E-state index contributed by atoms with van der Waals surface area (Å²) in [6.45, 7) is 2.60. The van der Waals surface area contributed by atoms with Crippen LogP contribution in [0.4, 0.5) is 8.78 Å². The number of methoxy groups -OCH3 is 1. The molecule has 1 aliphatic heterocycles. The first-order valence-corrected chi connectivity index (χ1v) is 11.1. The molecule has 7 heteroatoms. The van der Waals surface area contributed by atoms with Gasteiger partial charge in [0, 0.05) is 36.3 Å². The summed E-state index contributed by atoms with van der Waals surface area (Å²) >= 11 is 0. The third-order valence-corrected chi connectivity index (χ3v) is 6.27. The molecule has 1 aromatic heterocycles. The Bertz CT molecular complexity index is 1090. The van der Waals surface area contributed by atoms with Gasteiger partial charge in [0.05, 0.1) is 12.6 Å². The monoisotopic (exact) mass is 441 g/mol. The standard InChI is InChI=1S/C25H29F2N3O2/c1-32-25(31)22(28)5-3-2-4-13-29-14-12-24-21(16-29)20-15-18(27)8-11-23(20)30(24)19-9-6-17(26)7-10-19/h6-11,15,22H,2-5,12-14,16,28H2,1H3. The number of nitrogens with two attached hydrogens (primary N) is 1. The van der Waals surface area contributed by atoms with E-state index in [1.807, 2.05) is 0 Å². The SMILES string of the molecule is COC(=O)C(N)CCCCCN1CCc2c(c3cc(F)ccc3n2-c2ccc(F)cc2)C1. The van der Waals surface area contributed by atoms with Crippen LogP contribution >= 0.6 is 0 Å². The minimum absolute atomic E-state index is 0.254. The van der Waals surface area contributed by atoms with Gasteiger partial charge in [-0.2, -0.15) is 0 Å². The van der Waals surface area contributed by atoms with Crippen LogP contribution < -0.4 is 5.73 Å².